The molecule has 0 aromatic heterocycles. The maximum absolute atomic E-state index is 11.2. The molecular weight excluding hydrogens is 150 g/mol. The molecule has 0 aromatic carbocycles. The van der Waals surface area contributed by atoms with E-state index in [4.69, 9.17) is 6.58 Å². The van der Waals surface area contributed by atoms with Crippen LogP contribution in [0, 0.1) is 6.58 Å². The van der Waals surface area contributed by atoms with Crippen LogP contribution in [0.2, 0.25) is 0 Å². The standard InChI is InChI=1S/C10H16O.2Li/c1-5-10(4,11)8-6-7-9(2)3;;/h1,5,7H,6,8H2,2-4H3;;/q-2;2*+1. The summed E-state index contributed by atoms with van der Waals surface area (Å²) in [6, 6.07) is 0. The molecule has 0 spiro atoms. The van der Waals surface area contributed by atoms with Crippen LogP contribution in [0.4, 0.5) is 0 Å². The zero-order valence-electron chi connectivity index (χ0n) is 9.55. The summed E-state index contributed by atoms with van der Waals surface area (Å²) in [4.78, 5) is 0. The summed E-state index contributed by atoms with van der Waals surface area (Å²) in [5.74, 6) is 0. The third-order valence-corrected chi connectivity index (χ3v) is 1.55. The Morgan fingerprint density at radius 3 is 2.15 bits per heavy atom. The average Bonchev–Trinajstić information content (AvgIpc) is 1.87. The zero-order valence-corrected chi connectivity index (χ0v) is 9.55. The van der Waals surface area contributed by atoms with Gasteiger partial charge in [0.15, 0.2) is 0 Å². The Balaban J connectivity index is -0.000000500. The van der Waals surface area contributed by atoms with E-state index < -0.39 is 5.60 Å². The van der Waals surface area contributed by atoms with Gasteiger partial charge < -0.3 is 11.7 Å². The van der Waals surface area contributed by atoms with Gasteiger partial charge in [0.2, 0.25) is 0 Å². The summed E-state index contributed by atoms with van der Waals surface area (Å²) >= 11 is 0. The Hall–Kier alpha value is 0.635. The first-order chi connectivity index (χ1) is 4.98. The molecular formula is C10H16Li2O. The summed E-state index contributed by atoms with van der Waals surface area (Å²) in [5, 5.41) is 11.2. The van der Waals surface area contributed by atoms with Crippen molar-refractivity contribution >= 4 is 0 Å². The van der Waals surface area contributed by atoms with Gasteiger partial charge >= 0.3 is 37.7 Å². The van der Waals surface area contributed by atoms with E-state index in [1.165, 1.54) is 11.6 Å². The predicted octanol–water partition coefficient (Wildman–Crippen LogP) is -4.15. The molecule has 0 bridgehead atoms. The molecule has 0 aromatic rings. The van der Waals surface area contributed by atoms with Crippen LogP contribution in [-0.4, -0.2) is 5.60 Å². The van der Waals surface area contributed by atoms with Crippen LogP contribution in [0.15, 0.2) is 17.7 Å². The van der Waals surface area contributed by atoms with Crippen molar-refractivity contribution in [2.24, 2.45) is 0 Å². The summed E-state index contributed by atoms with van der Waals surface area (Å²) in [5.41, 5.74) is 0.184. The normalized spacial score (nSPS) is 12.9. The molecule has 0 heterocycles. The summed E-state index contributed by atoms with van der Waals surface area (Å²) in [7, 11) is 0. The van der Waals surface area contributed by atoms with Gasteiger partial charge in [-0.15, -0.1) is 5.60 Å². The minimum absolute atomic E-state index is 0. The van der Waals surface area contributed by atoms with Gasteiger partial charge in [-0.25, -0.2) is 0 Å². The van der Waals surface area contributed by atoms with Crippen LogP contribution in [0.5, 0.6) is 0 Å². The van der Waals surface area contributed by atoms with Gasteiger partial charge in [-0.2, -0.15) is 0 Å². The summed E-state index contributed by atoms with van der Waals surface area (Å²) in [6.45, 7) is 10.8. The molecule has 1 atom stereocenters. The first-order valence-electron chi connectivity index (χ1n) is 3.88. The van der Waals surface area contributed by atoms with Crippen LogP contribution in [0.3, 0.4) is 0 Å². The monoisotopic (exact) mass is 166 g/mol. The molecule has 1 nitrogen and oxygen atoms in total. The average molecular weight is 166 g/mol. The van der Waals surface area contributed by atoms with Crippen molar-refractivity contribution in [3.8, 4) is 0 Å². The van der Waals surface area contributed by atoms with Gasteiger partial charge in [-0.3, -0.25) is 6.08 Å². The molecule has 0 saturated heterocycles. The molecule has 0 saturated carbocycles. The van der Waals surface area contributed by atoms with Crippen LogP contribution >= 0.6 is 0 Å². The smallest absolute Gasteiger partial charge is 0.849 e. The molecule has 0 aliphatic carbocycles. The quantitative estimate of drug-likeness (QED) is 0.236. The van der Waals surface area contributed by atoms with Crippen molar-refractivity contribution in [3.05, 3.63) is 24.3 Å². The fourth-order valence-corrected chi connectivity index (χ4v) is 0.731. The van der Waals surface area contributed by atoms with Gasteiger partial charge in [0.1, 0.15) is 0 Å². The first-order valence-corrected chi connectivity index (χ1v) is 3.88. The van der Waals surface area contributed by atoms with Gasteiger partial charge in [-0.1, -0.05) is 25.0 Å². The summed E-state index contributed by atoms with van der Waals surface area (Å²) < 4.78 is 0. The minimum Gasteiger partial charge on any atom is -0.849 e. The maximum atomic E-state index is 11.2. The minimum atomic E-state index is -1.06. The van der Waals surface area contributed by atoms with E-state index in [0.717, 1.165) is 6.42 Å². The number of hydrogen-bond donors (Lipinski definition) is 0. The second kappa shape index (κ2) is 9.20. The van der Waals surface area contributed by atoms with Crippen molar-refractivity contribution in [3.63, 3.8) is 0 Å². The summed E-state index contributed by atoms with van der Waals surface area (Å²) in [6.07, 6.45) is 4.68. The molecule has 0 rings (SSSR count). The number of allylic oxidation sites excluding steroid dienone is 2. The second-order valence-corrected chi connectivity index (χ2v) is 3.30. The Labute approximate surface area is 106 Å². The van der Waals surface area contributed by atoms with Gasteiger partial charge in [0, 0.05) is 0 Å². The molecule has 64 valence electrons. The molecule has 0 fully saturated rings. The van der Waals surface area contributed by atoms with Crippen molar-refractivity contribution in [1.82, 2.24) is 0 Å². The van der Waals surface area contributed by atoms with E-state index in [2.05, 4.69) is 6.08 Å². The largest absolute Gasteiger partial charge is 1.00 e. The number of rotatable bonds is 4. The van der Waals surface area contributed by atoms with E-state index in [1.807, 2.05) is 13.8 Å². The molecule has 0 N–H and O–H groups in total. The van der Waals surface area contributed by atoms with Crippen LogP contribution in [-0.2, 0) is 0 Å². The van der Waals surface area contributed by atoms with E-state index in [0.29, 0.717) is 6.42 Å². The predicted molar refractivity (Wildman–Crippen MR) is 45.9 cm³/mol. The van der Waals surface area contributed by atoms with E-state index in [-0.39, 0.29) is 37.7 Å². The molecule has 1 unspecified atom stereocenters. The van der Waals surface area contributed by atoms with E-state index >= 15 is 0 Å². The fraction of sp³-hybridized carbons (Fsp3) is 0.600. The van der Waals surface area contributed by atoms with Crippen molar-refractivity contribution in [2.45, 2.75) is 39.2 Å². The van der Waals surface area contributed by atoms with Gasteiger partial charge in [-0.05, 0) is 20.3 Å². The third kappa shape index (κ3) is 12.6. The first kappa shape index (κ1) is 19.2. The number of hydrogen-bond acceptors (Lipinski definition) is 1. The third-order valence-electron chi connectivity index (χ3n) is 1.55. The van der Waals surface area contributed by atoms with Crippen LogP contribution < -0.4 is 42.8 Å². The molecule has 3 heteroatoms. The van der Waals surface area contributed by atoms with Crippen molar-refractivity contribution < 1.29 is 42.8 Å². The molecule has 0 amide bonds. The van der Waals surface area contributed by atoms with Crippen LogP contribution in [0.25, 0.3) is 0 Å². The Morgan fingerprint density at radius 2 is 1.85 bits per heavy atom. The maximum Gasteiger partial charge on any atom is 1.00 e. The van der Waals surface area contributed by atoms with E-state index in [9.17, 15) is 5.11 Å². The Kier molecular flexibility index (Phi) is 13.6. The van der Waals surface area contributed by atoms with E-state index in [1.54, 1.807) is 6.92 Å². The molecule has 0 aliphatic rings. The molecule has 13 heavy (non-hydrogen) atoms. The topological polar surface area (TPSA) is 23.1 Å². The molecule has 0 aliphatic heterocycles. The van der Waals surface area contributed by atoms with Gasteiger partial charge in [0.05, 0.1) is 0 Å². The fourth-order valence-electron chi connectivity index (χ4n) is 0.731. The zero-order chi connectivity index (χ0) is 8.91. The van der Waals surface area contributed by atoms with Crippen molar-refractivity contribution in [2.75, 3.05) is 0 Å². The van der Waals surface area contributed by atoms with Crippen molar-refractivity contribution in [1.29, 1.82) is 0 Å². The SMILES string of the molecule is [CH-]=CC(C)([O-])CCC=C(C)C.[Li+].[Li+]. The Bertz CT molecular complexity index is 158. The molecule has 0 radical (unpaired) electrons. The van der Waals surface area contributed by atoms with Gasteiger partial charge in [0.25, 0.3) is 0 Å². The second-order valence-electron chi connectivity index (χ2n) is 3.30. The van der Waals surface area contributed by atoms with Crippen LogP contribution in [0.1, 0.15) is 33.6 Å². The Morgan fingerprint density at radius 1 is 1.38 bits per heavy atom.